The smallest absolute Gasteiger partial charge is 0.123 e. The maximum absolute atomic E-state index is 13.6. The Balaban J connectivity index is 1.55. The van der Waals surface area contributed by atoms with Gasteiger partial charge in [0.15, 0.2) is 0 Å². The van der Waals surface area contributed by atoms with Crippen LogP contribution in [0.25, 0.3) is 0 Å². The van der Waals surface area contributed by atoms with Gasteiger partial charge in [0.2, 0.25) is 0 Å². The summed E-state index contributed by atoms with van der Waals surface area (Å²) in [5.74, 6) is 0.953. The summed E-state index contributed by atoms with van der Waals surface area (Å²) in [5, 5.41) is 3.48. The molecule has 1 aromatic heterocycles. The first-order chi connectivity index (χ1) is 12.2. The lowest BCUT2D eigenvalue weighted by molar-refractivity contribution is 0.182. The minimum Gasteiger partial charge on any atom is -0.334 e. The lowest BCUT2D eigenvalue weighted by Gasteiger charge is -2.29. The van der Waals surface area contributed by atoms with E-state index in [-0.39, 0.29) is 5.82 Å². The number of imidazole rings is 1. The summed E-state index contributed by atoms with van der Waals surface area (Å²) in [7, 11) is 0. The van der Waals surface area contributed by atoms with Crippen molar-refractivity contribution in [1.82, 2.24) is 19.8 Å². The van der Waals surface area contributed by atoms with Gasteiger partial charge in [-0.25, -0.2) is 9.37 Å². The zero-order valence-electron chi connectivity index (χ0n) is 14.9. The molecule has 0 radical (unpaired) electrons. The van der Waals surface area contributed by atoms with E-state index >= 15 is 0 Å². The molecule has 1 atom stereocenters. The SMILES string of the molecule is CCn1ccnc1CN(Cc1cccc(F)c1)C1CC12CCNCC2. The van der Waals surface area contributed by atoms with E-state index in [1.165, 1.54) is 25.3 Å². The highest BCUT2D eigenvalue weighted by Crippen LogP contribution is 2.56. The number of halogens is 1. The van der Waals surface area contributed by atoms with E-state index in [9.17, 15) is 4.39 Å². The van der Waals surface area contributed by atoms with Crippen LogP contribution in [0.4, 0.5) is 4.39 Å². The Bertz CT molecular complexity index is 720. The number of nitrogens with zero attached hydrogens (tertiary/aromatic N) is 3. The van der Waals surface area contributed by atoms with Crippen molar-refractivity contribution < 1.29 is 4.39 Å². The molecule has 1 saturated carbocycles. The van der Waals surface area contributed by atoms with Gasteiger partial charge >= 0.3 is 0 Å². The number of rotatable bonds is 6. The summed E-state index contributed by atoms with van der Waals surface area (Å²) in [6.45, 7) is 6.93. The molecule has 2 heterocycles. The van der Waals surface area contributed by atoms with Gasteiger partial charge in [0.05, 0.1) is 6.54 Å². The third kappa shape index (κ3) is 3.48. The third-order valence-corrected chi connectivity index (χ3v) is 5.95. The molecule has 1 aliphatic carbocycles. The van der Waals surface area contributed by atoms with Gasteiger partial charge in [-0.15, -0.1) is 0 Å². The summed E-state index contributed by atoms with van der Waals surface area (Å²) in [6.07, 6.45) is 7.69. The van der Waals surface area contributed by atoms with Crippen LogP contribution in [-0.2, 0) is 19.6 Å². The quantitative estimate of drug-likeness (QED) is 0.875. The Morgan fingerprint density at radius 3 is 2.92 bits per heavy atom. The van der Waals surface area contributed by atoms with E-state index in [1.807, 2.05) is 24.5 Å². The highest BCUT2D eigenvalue weighted by molar-refractivity contribution is 5.18. The number of hydrogen-bond acceptors (Lipinski definition) is 3. The van der Waals surface area contributed by atoms with E-state index in [1.54, 1.807) is 6.07 Å². The summed E-state index contributed by atoms with van der Waals surface area (Å²) in [6, 6.07) is 7.60. The molecule has 4 rings (SSSR count). The van der Waals surface area contributed by atoms with Crippen LogP contribution < -0.4 is 5.32 Å². The van der Waals surface area contributed by atoms with Crippen LogP contribution in [0.1, 0.15) is 37.6 Å². The van der Waals surface area contributed by atoms with Crippen molar-refractivity contribution in [3.63, 3.8) is 0 Å². The Kier molecular flexibility index (Phi) is 4.61. The molecule has 0 bridgehead atoms. The average Bonchev–Trinajstić information content (AvgIpc) is 3.10. The molecule has 4 nitrogen and oxygen atoms in total. The highest BCUT2D eigenvalue weighted by Gasteiger charge is 2.56. The highest BCUT2D eigenvalue weighted by atomic mass is 19.1. The Morgan fingerprint density at radius 1 is 1.32 bits per heavy atom. The number of piperidine rings is 1. The molecule has 2 fully saturated rings. The van der Waals surface area contributed by atoms with E-state index in [2.05, 4.69) is 26.7 Å². The molecule has 1 N–H and O–H groups in total. The normalized spacial score (nSPS) is 21.8. The average molecular weight is 342 g/mol. The standard InChI is InChI=1S/C20H27FN4/c1-2-24-11-10-23-19(24)15-25(14-16-4-3-5-17(21)12-16)18-13-20(18)6-8-22-9-7-20/h3-5,10-12,18,22H,2,6-9,13-15H2,1H3. The molecule has 2 aliphatic rings. The Morgan fingerprint density at radius 2 is 2.16 bits per heavy atom. The van der Waals surface area contributed by atoms with Gasteiger partial charge < -0.3 is 9.88 Å². The van der Waals surface area contributed by atoms with E-state index < -0.39 is 0 Å². The second kappa shape index (κ2) is 6.89. The first-order valence-electron chi connectivity index (χ1n) is 9.39. The van der Waals surface area contributed by atoms with Crippen molar-refractivity contribution in [2.45, 2.75) is 51.9 Å². The van der Waals surface area contributed by atoms with Gasteiger partial charge in [-0.3, -0.25) is 4.90 Å². The second-order valence-electron chi connectivity index (χ2n) is 7.50. The molecule has 1 aromatic carbocycles. The number of nitrogens with one attached hydrogen (secondary N) is 1. The monoisotopic (exact) mass is 342 g/mol. The van der Waals surface area contributed by atoms with Crippen LogP contribution in [0.2, 0.25) is 0 Å². The van der Waals surface area contributed by atoms with Crippen molar-refractivity contribution in [2.24, 2.45) is 5.41 Å². The zero-order chi connectivity index (χ0) is 17.3. The van der Waals surface area contributed by atoms with E-state index in [4.69, 9.17) is 0 Å². The van der Waals surface area contributed by atoms with Crippen LogP contribution in [0, 0.1) is 11.2 Å². The fourth-order valence-electron chi connectivity index (χ4n) is 4.41. The number of aryl methyl sites for hydroxylation is 1. The van der Waals surface area contributed by atoms with Crippen molar-refractivity contribution in [3.05, 3.63) is 53.9 Å². The predicted molar refractivity (Wildman–Crippen MR) is 96.5 cm³/mol. The lowest BCUT2D eigenvalue weighted by atomic mass is 9.93. The number of benzene rings is 1. The maximum Gasteiger partial charge on any atom is 0.123 e. The number of aromatic nitrogens is 2. The van der Waals surface area contributed by atoms with Crippen molar-refractivity contribution in [3.8, 4) is 0 Å². The Labute approximate surface area is 149 Å². The molecule has 2 aromatic rings. The third-order valence-electron chi connectivity index (χ3n) is 5.95. The zero-order valence-corrected chi connectivity index (χ0v) is 14.9. The lowest BCUT2D eigenvalue weighted by Crippen LogP contribution is -2.36. The fourth-order valence-corrected chi connectivity index (χ4v) is 4.41. The molecule has 0 amide bonds. The van der Waals surface area contributed by atoms with Gasteiger partial charge in [-0.2, -0.15) is 0 Å². The van der Waals surface area contributed by atoms with Gasteiger partial charge in [0, 0.05) is 31.5 Å². The molecule has 5 heteroatoms. The second-order valence-corrected chi connectivity index (χ2v) is 7.50. The van der Waals surface area contributed by atoms with Crippen LogP contribution in [-0.4, -0.2) is 33.6 Å². The minimum atomic E-state index is -0.153. The summed E-state index contributed by atoms with van der Waals surface area (Å²) >= 11 is 0. The van der Waals surface area contributed by atoms with Gasteiger partial charge in [0.25, 0.3) is 0 Å². The fraction of sp³-hybridized carbons (Fsp3) is 0.550. The van der Waals surface area contributed by atoms with Gasteiger partial charge in [-0.1, -0.05) is 12.1 Å². The molecule has 134 valence electrons. The molecule has 1 saturated heterocycles. The first-order valence-corrected chi connectivity index (χ1v) is 9.39. The van der Waals surface area contributed by atoms with Crippen LogP contribution in [0.3, 0.4) is 0 Å². The maximum atomic E-state index is 13.6. The van der Waals surface area contributed by atoms with Crippen molar-refractivity contribution >= 4 is 0 Å². The van der Waals surface area contributed by atoms with Crippen LogP contribution in [0.15, 0.2) is 36.7 Å². The predicted octanol–water partition coefficient (Wildman–Crippen LogP) is 3.19. The topological polar surface area (TPSA) is 33.1 Å². The molecule has 25 heavy (non-hydrogen) atoms. The molecular weight excluding hydrogens is 315 g/mol. The molecular formula is C20H27FN4. The van der Waals surface area contributed by atoms with Crippen LogP contribution in [0.5, 0.6) is 0 Å². The molecule has 1 unspecified atom stereocenters. The summed E-state index contributed by atoms with van der Waals surface area (Å²) in [4.78, 5) is 7.09. The van der Waals surface area contributed by atoms with Crippen molar-refractivity contribution in [2.75, 3.05) is 13.1 Å². The largest absolute Gasteiger partial charge is 0.334 e. The molecule has 1 spiro atoms. The van der Waals surface area contributed by atoms with Gasteiger partial charge in [-0.05, 0) is 62.4 Å². The van der Waals surface area contributed by atoms with Gasteiger partial charge in [0.1, 0.15) is 11.6 Å². The van der Waals surface area contributed by atoms with E-state index in [0.717, 1.165) is 44.1 Å². The van der Waals surface area contributed by atoms with E-state index in [0.29, 0.717) is 11.5 Å². The Hall–Kier alpha value is -1.72. The van der Waals surface area contributed by atoms with Crippen LogP contribution >= 0.6 is 0 Å². The minimum absolute atomic E-state index is 0.153. The first kappa shape index (κ1) is 16.7. The van der Waals surface area contributed by atoms with Crippen molar-refractivity contribution in [1.29, 1.82) is 0 Å². The number of hydrogen-bond donors (Lipinski definition) is 1. The summed E-state index contributed by atoms with van der Waals surface area (Å²) < 4.78 is 15.8. The summed E-state index contributed by atoms with van der Waals surface area (Å²) in [5.41, 5.74) is 1.51. The molecule has 1 aliphatic heterocycles.